The van der Waals surface area contributed by atoms with Gasteiger partial charge in [-0.05, 0) is 42.3 Å². The minimum atomic E-state index is -0.383. The Morgan fingerprint density at radius 1 is 1.14 bits per heavy atom. The van der Waals surface area contributed by atoms with Crippen LogP contribution in [0.5, 0.6) is 17.2 Å². The lowest BCUT2D eigenvalue weighted by molar-refractivity contribution is -0.144. The number of ether oxygens (including phenoxy) is 4. The lowest BCUT2D eigenvalue weighted by atomic mass is 10.1. The molecular formula is C21H23NO6. The highest BCUT2D eigenvalue weighted by atomic mass is 16.5. The fourth-order valence-corrected chi connectivity index (χ4v) is 3.01. The van der Waals surface area contributed by atoms with Crippen molar-refractivity contribution in [2.24, 2.45) is 0 Å². The summed E-state index contributed by atoms with van der Waals surface area (Å²) in [6.07, 6.45) is 0.0897. The van der Waals surface area contributed by atoms with Gasteiger partial charge in [-0.3, -0.25) is 9.59 Å². The first kappa shape index (κ1) is 19.5. The first-order valence-electron chi connectivity index (χ1n) is 8.92. The van der Waals surface area contributed by atoms with E-state index in [2.05, 4.69) is 0 Å². The maximum atomic E-state index is 12.2. The van der Waals surface area contributed by atoms with E-state index in [9.17, 15) is 9.59 Å². The van der Waals surface area contributed by atoms with Crippen LogP contribution < -0.4 is 19.1 Å². The van der Waals surface area contributed by atoms with Gasteiger partial charge in [0.1, 0.15) is 12.4 Å². The van der Waals surface area contributed by atoms with Gasteiger partial charge in [-0.25, -0.2) is 0 Å². The Balaban J connectivity index is 1.59. The molecule has 7 heteroatoms. The number of hydrogen-bond acceptors (Lipinski definition) is 6. The zero-order valence-electron chi connectivity index (χ0n) is 16.2. The number of esters is 1. The molecule has 2 aromatic rings. The molecule has 1 heterocycles. The minimum Gasteiger partial charge on any atom is -0.493 e. The molecule has 0 atom stereocenters. The Hall–Kier alpha value is -3.22. The molecule has 1 aliphatic rings. The molecule has 0 radical (unpaired) electrons. The van der Waals surface area contributed by atoms with Crippen LogP contribution in [-0.2, 0) is 20.9 Å². The van der Waals surface area contributed by atoms with Crippen LogP contribution in [-0.4, -0.2) is 39.2 Å². The normalized spacial score (nSPS) is 12.8. The second-order valence-electron chi connectivity index (χ2n) is 6.35. The molecule has 0 saturated carbocycles. The first-order chi connectivity index (χ1) is 13.5. The summed E-state index contributed by atoms with van der Waals surface area (Å²) in [4.78, 5) is 25.9. The lowest BCUT2D eigenvalue weighted by Gasteiger charge is -2.29. The van der Waals surface area contributed by atoms with E-state index in [4.69, 9.17) is 18.9 Å². The fourth-order valence-electron chi connectivity index (χ4n) is 3.01. The van der Waals surface area contributed by atoms with Crippen LogP contribution in [0.2, 0.25) is 0 Å². The molecule has 0 N–H and O–H groups in total. The summed E-state index contributed by atoms with van der Waals surface area (Å²) in [5, 5.41) is 0. The molecule has 0 saturated heterocycles. The van der Waals surface area contributed by atoms with Crippen LogP contribution in [0.4, 0.5) is 5.69 Å². The highest BCUT2D eigenvalue weighted by molar-refractivity contribution is 5.98. The van der Waals surface area contributed by atoms with Crippen molar-refractivity contribution < 1.29 is 28.5 Å². The minimum absolute atomic E-state index is 0.0309. The first-order valence-corrected chi connectivity index (χ1v) is 8.92. The van der Waals surface area contributed by atoms with E-state index < -0.39 is 0 Å². The smallest absolute Gasteiger partial charge is 0.307 e. The van der Waals surface area contributed by atoms with Crippen LogP contribution in [0.15, 0.2) is 36.4 Å². The number of anilines is 1. The second kappa shape index (κ2) is 8.65. The van der Waals surface area contributed by atoms with E-state index in [-0.39, 0.29) is 38.1 Å². The Kier molecular flexibility index (Phi) is 6.03. The van der Waals surface area contributed by atoms with E-state index >= 15 is 0 Å². The Morgan fingerprint density at radius 2 is 1.86 bits per heavy atom. The largest absolute Gasteiger partial charge is 0.493 e. The van der Waals surface area contributed by atoms with Gasteiger partial charge in [0, 0.05) is 6.54 Å². The SMILES string of the molecule is COc1cc(C)c(COC(=O)CCN2C(=O)COc3ccccc32)cc1OC. The van der Waals surface area contributed by atoms with Crippen molar-refractivity contribution >= 4 is 17.6 Å². The number of nitrogens with zero attached hydrogens (tertiary/aromatic N) is 1. The molecule has 1 aliphatic heterocycles. The zero-order valence-corrected chi connectivity index (χ0v) is 16.2. The van der Waals surface area contributed by atoms with Crippen molar-refractivity contribution in [1.29, 1.82) is 0 Å². The third-order valence-corrected chi connectivity index (χ3v) is 4.58. The molecule has 0 fully saturated rings. The number of aryl methyl sites for hydroxylation is 1. The summed E-state index contributed by atoms with van der Waals surface area (Å²) in [5.41, 5.74) is 2.43. The molecule has 7 nitrogen and oxygen atoms in total. The average molecular weight is 385 g/mol. The van der Waals surface area contributed by atoms with Crippen LogP contribution in [0.25, 0.3) is 0 Å². The number of hydrogen-bond donors (Lipinski definition) is 0. The molecule has 0 bridgehead atoms. The predicted molar refractivity (Wildman–Crippen MR) is 103 cm³/mol. The quantitative estimate of drug-likeness (QED) is 0.683. The maximum absolute atomic E-state index is 12.2. The van der Waals surface area contributed by atoms with E-state index in [1.165, 1.54) is 0 Å². The fraction of sp³-hybridized carbons (Fsp3) is 0.333. The van der Waals surface area contributed by atoms with Gasteiger partial charge in [0.25, 0.3) is 5.91 Å². The molecule has 148 valence electrons. The van der Waals surface area contributed by atoms with Crippen LogP contribution >= 0.6 is 0 Å². The summed E-state index contributed by atoms with van der Waals surface area (Å²) in [5.74, 6) is 1.28. The van der Waals surface area contributed by atoms with Crippen molar-refractivity contribution in [3.8, 4) is 17.2 Å². The number of carbonyl (C=O) groups excluding carboxylic acids is 2. The summed E-state index contributed by atoms with van der Waals surface area (Å²) >= 11 is 0. The topological polar surface area (TPSA) is 74.3 Å². The molecule has 0 unspecified atom stereocenters. The standard InChI is InChI=1S/C21H23NO6/c1-14-10-18(25-2)19(26-3)11-15(14)12-28-21(24)8-9-22-16-6-4-5-7-17(16)27-13-20(22)23/h4-7,10-11H,8-9,12-13H2,1-3H3. The lowest BCUT2D eigenvalue weighted by Crippen LogP contribution is -2.40. The molecule has 28 heavy (non-hydrogen) atoms. The van der Waals surface area contributed by atoms with Gasteiger partial charge < -0.3 is 23.8 Å². The Bertz CT molecular complexity index is 879. The number of rotatable bonds is 7. The van der Waals surface area contributed by atoms with Crippen molar-refractivity contribution in [1.82, 2.24) is 0 Å². The van der Waals surface area contributed by atoms with Crippen LogP contribution in [0.1, 0.15) is 17.5 Å². The van der Waals surface area contributed by atoms with E-state index in [1.807, 2.05) is 25.1 Å². The monoisotopic (exact) mass is 385 g/mol. The van der Waals surface area contributed by atoms with Crippen molar-refractivity contribution in [2.45, 2.75) is 20.0 Å². The molecule has 1 amide bonds. The summed E-state index contributed by atoms with van der Waals surface area (Å²) < 4.78 is 21.3. The number of fused-ring (bicyclic) bond motifs is 1. The predicted octanol–water partition coefficient (Wildman–Crippen LogP) is 2.87. The van der Waals surface area contributed by atoms with Gasteiger partial charge in [0.05, 0.1) is 26.3 Å². The van der Waals surface area contributed by atoms with Crippen molar-refractivity contribution in [2.75, 3.05) is 32.3 Å². The molecule has 0 aromatic heterocycles. The summed E-state index contributed by atoms with van der Waals surface area (Å²) in [6, 6.07) is 10.9. The number of methoxy groups -OCH3 is 2. The number of benzene rings is 2. The third kappa shape index (κ3) is 4.19. The number of para-hydroxylation sites is 2. The van der Waals surface area contributed by atoms with Crippen LogP contribution in [0.3, 0.4) is 0 Å². The van der Waals surface area contributed by atoms with E-state index in [0.29, 0.717) is 22.9 Å². The van der Waals surface area contributed by atoms with Crippen molar-refractivity contribution in [3.05, 3.63) is 47.5 Å². The highest BCUT2D eigenvalue weighted by Gasteiger charge is 2.25. The van der Waals surface area contributed by atoms with E-state index in [1.54, 1.807) is 37.3 Å². The summed E-state index contributed by atoms with van der Waals surface area (Å²) in [6.45, 7) is 2.24. The molecule has 0 aliphatic carbocycles. The molecule has 0 spiro atoms. The van der Waals surface area contributed by atoms with Gasteiger partial charge in [-0.15, -0.1) is 0 Å². The number of carbonyl (C=O) groups is 2. The Morgan fingerprint density at radius 3 is 2.61 bits per heavy atom. The number of amides is 1. The van der Waals surface area contributed by atoms with Gasteiger partial charge in [-0.2, -0.15) is 0 Å². The molecular weight excluding hydrogens is 362 g/mol. The second-order valence-corrected chi connectivity index (χ2v) is 6.35. The van der Waals surface area contributed by atoms with Crippen LogP contribution in [0, 0.1) is 6.92 Å². The summed E-state index contributed by atoms with van der Waals surface area (Å²) in [7, 11) is 3.13. The molecule has 3 rings (SSSR count). The van der Waals surface area contributed by atoms with Crippen molar-refractivity contribution in [3.63, 3.8) is 0 Å². The van der Waals surface area contributed by atoms with Gasteiger partial charge in [0.2, 0.25) is 0 Å². The van der Waals surface area contributed by atoms with E-state index in [0.717, 1.165) is 11.1 Å². The Labute approximate surface area is 163 Å². The average Bonchev–Trinajstić information content (AvgIpc) is 2.71. The maximum Gasteiger partial charge on any atom is 0.307 e. The zero-order chi connectivity index (χ0) is 20.1. The van der Waals surface area contributed by atoms with Gasteiger partial charge >= 0.3 is 5.97 Å². The van der Waals surface area contributed by atoms with Gasteiger partial charge in [-0.1, -0.05) is 12.1 Å². The van der Waals surface area contributed by atoms with Gasteiger partial charge in [0.15, 0.2) is 18.1 Å². The molecule has 2 aromatic carbocycles. The third-order valence-electron chi connectivity index (χ3n) is 4.58. The highest BCUT2D eigenvalue weighted by Crippen LogP contribution is 2.32.